The van der Waals surface area contributed by atoms with Crippen LogP contribution in [-0.2, 0) is 17.9 Å². The van der Waals surface area contributed by atoms with E-state index in [0.29, 0.717) is 18.9 Å². The van der Waals surface area contributed by atoms with Gasteiger partial charge < -0.3 is 5.32 Å². The van der Waals surface area contributed by atoms with Crippen molar-refractivity contribution in [1.82, 2.24) is 20.2 Å². The molecular weight excluding hydrogens is 331 g/mol. The Balaban J connectivity index is 1.32. The van der Waals surface area contributed by atoms with Crippen molar-refractivity contribution < 1.29 is 9.18 Å². The zero-order valence-corrected chi connectivity index (χ0v) is 14.9. The Bertz CT molecular complexity index is 685. The van der Waals surface area contributed by atoms with Crippen LogP contribution < -0.4 is 5.32 Å². The molecule has 5 nitrogen and oxygen atoms in total. The lowest BCUT2D eigenvalue weighted by atomic mass is 9.92. The van der Waals surface area contributed by atoms with Gasteiger partial charge in [0, 0.05) is 25.4 Å². The summed E-state index contributed by atoms with van der Waals surface area (Å²) in [6.45, 7) is 3.31. The number of carbonyl (C=O) groups excluding carboxylic acids is 1. The molecule has 3 rings (SSSR count). The Morgan fingerprint density at radius 1 is 1.15 bits per heavy atom. The van der Waals surface area contributed by atoms with Crippen LogP contribution >= 0.6 is 0 Å². The third kappa shape index (κ3) is 5.88. The van der Waals surface area contributed by atoms with E-state index in [4.69, 9.17) is 0 Å². The smallest absolute Gasteiger partial charge is 0.220 e. The third-order valence-corrected chi connectivity index (χ3v) is 4.87. The molecule has 1 N–H and O–H groups in total. The first-order valence-corrected chi connectivity index (χ1v) is 9.18. The Labute approximate surface area is 153 Å². The molecule has 0 unspecified atom stereocenters. The van der Waals surface area contributed by atoms with Gasteiger partial charge in [0.2, 0.25) is 5.91 Å². The molecule has 0 saturated carbocycles. The lowest BCUT2D eigenvalue weighted by molar-refractivity contribution is -0.121. The van der Waals surface area contributed by atoms with Crippen molar-refractivity contribution in [2.24, 2.45) is 5.92 Å². The quantitative estimate of drug-likeness (QED) is 0.829. The van der Waals surface area contributed by atoms with E-state index in [2.05, 4.69) is 20.2 Å². The first kappa shape index (κ1) is 18.5. The van der Waals surface area contributed by atoms with Gasteiger partial charge in [-0.2, -0.15) is 0 Å². The molecule has 0 bridgehead atoms. The Morgan fingerprint density at radius 2 is 1.85 bits per heavy atom. The summed E-state index contributed by atoms with van der Waals surface area (Å²) in [5.74, 6) is 1.27. The number of halogens is 1. The largest absolute Gasteiger partial charge is 0.352 e. The summed E-state index contributed by atoms with van der Waals surface area (Å²) < 4.78 is 12.9. The topological polar surface area (TPSA) is 58.1 Å². The van der Waals surface area contributed by atoms with Crippen molar-refractivity contribution in [3.8, 4) is 0 Å². The molecule has 1 fully saturated rings. The second-order valence-electron chi connectivity index (χ2n) is 6.83. The fourth-order valence-corrected chi connectivity index (χ4v) is 3.27. The summed E-state index contributed by atoms with van der Waals surface area (Å²) in [6, 6.07) is 8.05. The van der Waals surface area contributed by atoms with Gasteiger partial charge in [-0.1, -0.05) is 12.1 Å². The Hall–Kier alpha value is -2.34. The van der Waals surface area contributed by atoms with Crippen LogP contribution in [0.15, 0.2) is 42.7 Å². The fraction of sp³-hybridized carbons (Fsp3) is 0.450. The number of nitrogens with one attached hydrogen (secondary N) is 1. The average molecular weight is 356 g/mol. The molecule has 0 atom stereocenters. The van der Waals surface area contributed by atoms with Gasteiger partial charge in [-0.3, -0.25) is 9.69 Å². The summed E-state index contributed by atoms with van der Waals surface area (Å²) in [6.07, 6.45) is 7.24. The zero-order valence-electron chi connectivity index (χ0n) is 14.9. The highest BCUT2D eigenvalue weighted by atomic mass is 19.1. The standard InChI is InChI=1S/C20H25FN4O/c21-18-5-2-17(3-6-18)14-24-20(26)7-4-16-8-12-25(13-9-16)15-19-22-10-1-11-23-19/h1-3,5-6,10-11,16H,4,7-9,12-15H2,(H,24,26). The number of piperidine rings is 1. The van der Waals surface area contributed by atoms with Crippen LogP contribution in [0.5, 0.6) is 0 Å². The van der Waals surface area contributed by atoms with Crippen molar-refractivity contribution in [3.05, 3.63) is 59.9 Å². The molecule has 0 aliphatic carbocycles. The SMILES string of the molecule is O=C(CCC1CCN(Cc2ncccn2)CC1)NCc1ccc(F)cc1. The van der Waals surface area contributed by atoms with Crippen LogP contribution in [-0.4, -0.2) is 33.9 Å². The second-order valence-corrected chi connectivity index (χ2v) is 6.83. The predicted molar refractivity (Wildman–Crippen MR) is 97.5 cm³/mol. The van der Waals surface area contributed by atoms with Gasteiger partial charge in [0.25, 0.3) is 0 Å². The zero-order chi connectivity index (χ0) is 18.2. The van der Waals surface area contributed by atoms with Crippen LogP contribution in [0.25, 0.3) is 0 Å². The minimum absolute atomic E-state index is 0.0643. The number of hydrogen-bond acceptors (Lipinski definition) is 4. The summed E-state index contributed by atoms with van der Waals surface area (Å²) in [4.78, 5) is 22.9. The fourth-order valence-electron chi connectivity index (χ4n) is 3.27. The van der Waals surface area contributed by atoms with Crippen molar-refractivity contribution in [2.75, 3.05) is 13.1 Å². The molecule has 6 heteroatoms. The summed E-state index contributed by atoms with van der Waals surface area (Å²) in [7, 11) is 0. The first-order chi connectivity index (χ1) is 12.7. The number of aromatic nitrogens is 2. The van der Waals surface area contributed by atoms with Gasteiger partial charge in [0.1, 0.15) is 11.6 Å². The molecule has 2 aromatic rings. The highest BCUT2D eigenvalue weighted by molar-refractivity contribution is 5.75. The summed E-state index contributed by atoms with van der Waals surface area (Å²) in [5.41, 5.74) is 0.913. The predicted octanol–water partition coefficient (Wildman–Crippen LogP) is 2.92. The van der Waals surface area contributed by atoms with Crippen molar-refractivity contribution in [1.29, 1.82) is 0 Å². The lowest BCUT2D eigenvalue weighted by Gasteiger charge is -2.31. The maximum Gasteiger partial charge on any atom is 0.220 e. The second kappa shape index (κ2) is 9.38. The summed E-state index contributed by atoms with van der Waals surface area (Å²) >= 11 is 0. The van der Waals surface area contributed by atoms with E-state index >= 15 is 0 Å². The van der Waals surface area contributed by atoms with Crippen LogP contribution in [0, 0.1) is 11.7 Å². The van der Waals surface area contributed by atoms with E-state index in [-0.39, 0.29) is 11.7 Å². The number of nitrogens with zero attached hydrogens (tertiary/aromatic N) is 3. The van der Waals surface area contributed by atoms with Gasteiger partial charge in [-0.05, 0) is 62.0 Å². The van der Waals surface area contributed by atoms with Crippen LogP contribution in [0.3, 0.4) is 0 Å². The van der Waals surface area contributed by atoms with Crippen LogP contribution in [0.4, 0.5) is 4.39 Å². The van der Waals surface area contributed by atoms with E-state index in [1.165, 1.54) is 12.1 Å². The molecule has 1 aromatic heterocycles. The van der Waals surface area contributed by atoms with Gasteiger partial charge in [-0.25, -0.2) is 14.4 Å². The Morgan fingerprint density at radius 3 is 2.54 bits per heavy atom. The monoisotopic (exact) mass is 356 g/mol. The lowest BCUT2D eigenvalue weighted by Crippen LogP contribution is -2.34. The number of hydrogen-bond donors (Lipinski definition) is 1. The number of carbonyl (C=O) groups is 1. The number of benzene rings is 1. The maximum absolute atomic E-state index is 12.9. The summed E-state index contributed by atoms with van der Waals surface area (Å²) in [5, 5.41) is 2.91. The number of likely N-dealkylation sites (tertiary alicyclic amines) is 1. The van der Waals surface area contributed by atoms with Crippen LogP contribution in [0.1, 0.15) is 37.1 Å². The number of rotatable bonds is 7. The minimum atomic E-state index is -0.259. The molecule has 1 amide bonds. The minimum Gasteiger partial charge on any atom is -0.352 e. The maximum atomic E-state index is 12.9. The van der Waals surface area contributed by atoms with Crippen LogP contribution in [0.2, 0.25) is 0 Å². The molecule has 0 radical (unpaired) electrons. The highest BCUT2D eigenvalue weighted by Crippen LogP contribution is 2.22. The van der Waals surface area contributed by atoms with Gasteiger partial charge in [0.15, 0.2) is 0 Å². The molecule has 1 saturated heterocycles. The average Bonchev–Trinajstić information content (AvgIpc) is 2.68. The van der Waals surface area contributed by atoms with Crippen molar-refractivity contribution in [3.63, 3.8) is 0 Å². The molecule has 1 aliphatic rings. The van der Waals surface area contributed by atoms with Crippen molar-refractivity contribution >= 4 is 5.91 Å². The third-order valence-electron chi connectivity index (χ3n) is 4.87. The highest BCUT2D eigenvalue weighted by Gasteiger charge is 2.20. The van der Waals surface area contributed by atoms with Crippen molar-refractivity contribution in [2.45, 2.75) is 38.8 Å². The van der Waals surface area contributed by atoms with E-state index in [0.717, 1.165) is 50.3 Å². The first-order valence-electron chi connectivity index (χ1n) is 9.18. The molecule has 2 heterocycles. The molecular formula is C20H25FN4O. The van der Waals surface area contributed by atoms with E-state index in [1.807, 2.05) is 6.07 Å². The van der Waals surface area contributed by atoms with Gasteiger partial charge >= 0.3 is 0 Å². The van der Waals surface area contributed by atoms with Gasteiger partial charge in [0.05, 0.1) is 6.54 Å². The molecule has 1 aliphatic heterocycles. The molecule has 0 spiro atoms. The molecule has 138 valence electrons. The molecule has 26 heavy (non-hydrogen) atoms. The van der Waals surface area contributed by atoms with E-state index in [1.54, 1.807) is 24.5 Å². The van der Waals surface area contributed by atoms with Gasteiger partial charge in [-0.15, -0.1) is 0 Å². The molecule has 1 aromatic carbocycles. The Kier molecular flexibility index (Phi) is 6.66. The van der Waals surface area contributed by atoms with E-state index in [9.17, 15) is 9.18 Å². The number of amides is 1. The normalized spacial score (nSPS) is 15.7. The van der Waals surface area contributed by atoms with E-state index < -0.39 is 0 Å².